The highest BCUT2D eigenvalue weighted by atomic mass is 35.5. The molecule has 1 aliphatic rings. The number of nitrogens with zero attached hydrogens (tertiary/aromatic N) is 2. The van der Waals surface area contributed by atoms with Crippen LogP contribution in [0.15, 0.2) is 36.5 Å². The summed E-state index contributed by atoms with van der Waals surface area (Å²) in [6.45, 7) is 4.06. The number of Topliss-reactive ketones (excluding diaryl/α,β-unsaturated/α-hetero) is 1. The Morgan fingerprint density at radius 1 is 1.32 bits per heavy atom. The number of carbonyl (C=O) groups excluding carboxylic acids is 1. The molecule has 0 amide bonds. The van der Waals surface area contributed by atoms with Gasteiger partial charge in [-0.2, -0.15) is 0 Å². The van der Waals surface area contributed by atoms with Gasteiger partial charge in [-0.25, -0.2) is 0 Å². The fraction of sp³-hybridized carbons (Fsp3) is 0.300. The summed E-state index contributed by atoms with van der Waals surface area (Å²) in [7, 11) is 0. The van der Waals surface area contributed by atoms with Crippen molar-refractivity contribution in [2.24, 2.45) is 0 Å². The molecule has 1 fully saturated rings. The second kappa shape index (κ2) is 6.19. The van der Waals surface area contributed by atoms with Crippen molar-refractivity contribution in [3.63, 3.8) is 0 Å². The van der Waals surface area contributed by atoms with Gasteiger partial charge in [0.2, 0.25) is 5.78 Å². The highest BCUT2D eigenvalue weighted by Gasteiger charge is 2.28. The van der Waals surface area contributed by atoms with Crippen LogP contribution in [0.2, 0.25) is 5.02 Å². The average molecular weight is 355 g/mol. The third-order valence-corrected chi connectivity index (χ3v) is 5.06. The van der Waals surface area contributed by atoms with Gasteiger partial charge in [0.1, 0.15) is 11.3 Å². The topological polar surface area (TPSA) is 44.1 Å². The van der Waals surface area contributed by atoms with Crippen molar-refractivity contribution in [2.45, 2.75) is 32.7 Å². The van der Waals surface area contributed by atoms with Gasteiger partial charge in [-0.05, 0) is 57.0 Å². The first-order chi connectivity index (χ1) is 12.1. The van der Waals surface area contributed by atoms with Gasteiger partial charge < -0.3 is 9.30 Å². The van der Waals surface area contributed by atoms with Crippen LogP contribution in [-0.2, 0) is 0 Å². The number of halogens is 1. The van der Waals surface area contributed by atoms with Gasteiger partial charge in [0, 0.05) is 34.6 Å². The number of hydrogen-bond donors (Lipinski definition) is 0. The molecule has 1 aliphatic carbocycles. The quantitative estimate of drug-likeness (QED) is 0.612. The monoisotopic (exact) mass is 354 g/mol. The Morgan fingerprint density at radius 3 is 2.88 bits per heavy atom. The summed E-state index contributed by atoms with van der Waals surface area (Å²) in [4.78, 5) is 17.0. The Bertz CT molecular complexity index is 973. The van der Waals surface area contributed by atoms with E-state index in [4.69, 9.17) is 16.3 Å². The minimum absolute atomic E-state index is 0.0116. The lowest BCUT2D eigenvalue weighted by Gasteiger charge is -2.10. The van der Waals surface area contributed by atoms with Gasteiger partial charge in [0.15, 0.2) is 6.61 Å². The number of carbonyl (C=O) groups is 1. The van der Waals surface area contributed by atoms with Crippen LogP contribution in [0.3, 0.4) is 0 Å². The van der Waals surface area contributed by atoms with Crippen LogP contribution in [0, 0.1) is 13.8 Å². The molecule has 4 rings (SSSR count). The molecular weight excluding hydrogens is 336 g/mol. The normalized spacial score (nSPS) is 14.0. The molecule has 0 spiro atoms. The molecule has 0 bridgehead atoms. The summed E-state index contributed by atoms with van der Waals surface area (Å²) in [6, 6.07) is 9.78. The lowest BCUT2D eigenvalue weighted by Crippen LogP contribution is -2.13. The van der Waals surface area contributed by atoms with E-state index in [1.54, 1.807) is 18.3 Å². The summed E-state index contributed by atoms with van der Waals surface area (Å²) in [6.07, 6.45) is 4.09. The van der Waals surface area contributed by atoms with Gasteiger partial charge in [0.25, 0.3) is 0 Å². The average Bonchev–Trinajstić information content (AvgIpc) is 3.39. The summed E-state index contributed by atoms with van der Waals surface area (Å²) in [5, 5.41) is 1.44. The molecule has 0 radical (unpaired) electrons. The molecule has 2 heterocycles. The molecule has 128 valence electrons. The van der Waals surface area contributed by atoms with Gasteiger partial charge in [0.05, 0.1) is 5.02 Å². The Kier molecular flexibility index (Phi) is 4.00. The van der Waals surface area contributed by atoms with Crippen LogP contribution in [0.1, 0.15) is 40.6 Å². The minimum atomic E-state index is -0.0148. The van der Waals surface area contributed by atoms with Crippen molar-refractivity contribution in [3.05, 3.63) is 58.5 Å². The summed E-state index contributed by atoms with van der Waals surface area (Å²) in [5.41, 5.74) is 3.59. The Labute approximate surface area is 151 Å². The zero-order valence-corrected chi connectivity index (χ0v) is 15.0. The second-order valence-electron chi connectivity index (χ2n) is 6.54. The standard InChI is InChI=1S/C20H19ClN2O2/c1-12-10-16(13(2)23(12)14-5-6-14)18(24)11-25-19-8-7-17(21)15-4-3-9-22-20(15)19/h3-4,7-10,14H,5-6,11H2,1-2H3. The van der Waals surface area contributed by atoms with Gasteiger partial charge >= 0.3 is 0 Å². The number of pyridine rings is 1. The van der Waals surface area contributed by atoms with E-state index in [-0.39, 0.29) is 12.4 Å². The second-order valence-corrected chi connectivity index (χ2v) is 6.95. The number of aryl methyl sites for hydroxylation is 1. The third kappa shape index (κ3) is 2.91. The van der Waals surface area contributed by atoms with Crippen molar-refractivity contribution < 1.29 is 9.53 Å². The van der Waals surface area contributed by atoms with E-state index in [1.165, 1.54) is 12.8 Å². The van der Waals surface area contributed by atoms with Crippen molar-refractivity contribution in [2.75, 3.05) is 6.61 Å². The minimum Gasteiger partial charge on any atom is -0.483 e. The van der Waals surface area contributed by atoms with E-state index < -0.39 is 0 Å². The highest BCUT2D eigenvalue weighted by Crippen LogP contribution is 2.38. The first kappa shape index (κ1) is 16.2. The SMILES string of the molecule is Cc1cc(C(=O)COc2ccc(Cl)c3cccnc23)c(C)n1C1CC1. The predicted octanol–water partition coefficient (Wildman–Crippen LogP) is 4.90. The predicted molar refractivity (Wildman–Crippen MR) is 98.8 cm³/mol. The molecule has 1 saturated carbocycles. The molecule has 1 aromatic carbocycles. The number of hydrogen-bond acceptors (Lipinski definition) is 3. The maximum Gasteiger partial charge on any atom is 0.202 e. The molecule has 0 atom stereocenters. The molecule has 0 unspecified atom stereocenters. The molecule has 0 aliphatic heterocycles. The number of rotatable bonds is 5. The van der Waals surface area contributed by atoms with E-state index in [9.17, 15) is 4.79 Å². The van der Waals surface area contributed by atoms with Gasteiger partial charge in [-0.1, -0.05) is 11.6 Å². The summed E-state index contributed by atoms with van der Waals surface area (Å²) >= 11 is 6.20. The number of ketones is 1. The number of aromatic nitrogens is 2. The van der Waals surface area contributed by atoms with E-state index in [0.29, 0.717) is 22.3 Å². The molecule has 3 aromatic rings. The molecule has 0 saturated heterocycles. The fourth-order valence-corrected chi connectivity index (χ4v) is 3.62. The summed E-state index contributed by atoms with van der Waals surface area (Å²) in [5.74, 6) is 0.559. The molecule has 0 N–H and O–H groups in total. The fourth-order valence-electron chi connectivity index (χ4n) is 3.40. The van der Waals surface area contributed by atoms with Crippen LogP contribution < -0.4 is 4.74 Å². The van der Waals surface area contributed by atoms with Gasteiger partial charge in [-0.15, -0.1) is 0 Å². The van der Waals surface area contributed by atoms with E-state index in [1.807, 2.05) is 25.1 Å². The smallest absolute Gasteiger partial charge is 0.202 e. The Hall–Kier alpha value is -2.33. The molecule has 2 aromatic heterocycles. The number of fused-ring (bicyclic) bond motifs is 1. The number of ether oxygens (including phenoxy) is 1. The van der Waals surface area contributed by atoms with Gasteiger partial charge in [-0.3, -0.25) is 9.78 Å². The van der Waals surface area contributed by atoms with Crippen molar-refractivity contribution >= 4 is 28.3 Å². The van der Waals surface area contributed by atoms with Crippen LogP contribution >= 0.6 is 11.6 Å². The lowest BCUT2D eigenvalue weighted by molar-refractivity contribution is 0.0922. The summed E-state index contributed by atoms with van der Waals surface area (Å²) < 4.78 is 8.06. The van der Waals surface area contributed by atoms with Crippen molar-refractivity contribution in [1.82, 2.24) is 9.55 Å². The van der Waals surface area contributed by atoms with Crippen LogP contribution in [0.25, 0.3) is 10.9 Å². The van der Waals surface area contributed by atoms with E-state index >= 15 is 0 Å². The number of benzene rings is 1. The Balaban J connectivity index is 1.57. The van der Waals surface area contributed by atoms with E-state index in [0.717, 1.165) is 22.3 Å². The highest BCUT2D eigenvalue weighted by molar-refractivity contribution is 6.35. The molecule has 5 heteroatoms. The van der Waals surface area contributed by atoms with Crippen molar-refractivity contribution in [3.8, 4) is 5.75 Å². The maximum absolute atomic E-state index is 12.7. The van der Waals surface area contributed by atoms with Crippen LogP contribution in [0.4, 0.5) is 0 Å². The molecular formula is C20H19ClN2O2. The molecule has 4 nitrogen and oxygen atoms in total. The third-order valence-electron chi connectivity index (χ3n) is 4.73. The molecule has 25 heavy (non-hydrogen) atoms. The van der Waals surface area contributed by atoms with Crippen LogP contribution in [-0.4, -0.2) is 21.9 Å². The Morgan fingerprint density at radius 2 is 2.12 bits per heavy atom. The van der Waals surface area contributed by atoms with Crippen molar-refractivity contribution in [1.29, 1.82) is 0 Å². The first-order valence-electron chi connectivity index (χ1n) is 8.44. The van der Waals surface area contributed by atoms with E-state index in [2.05, 4.69) is 16.5 Å². The largest absolute Gasteiger partial charge is 0.483 e. The van der Waals surface area contributed by atoms with Crippen LogP contribution in [0.5, 0.6) is 5.75 Å². The zero-order chi connectivity index (χ0) is 17.6. The lowest BCUT2D eigenvalue weighted by atomic mass is 10.1. The first-order valence-corrected chi connectivity index (χ1v) is 8.81. The zero-order valence-electron chi connectivity index (χ0n) is 14.3. The maximum atomic E-state index is 12.7.